The Morgan fingerprint density at radius 3 is 2.38 bits per heavy atom. The Balaban J connectivity index is 1.82. The van der Waals surface area contributed by atoms with Crippen molar-refractivity contribution in [3.8, 4) is 11.4 Å². The van der Waals surface area contributed by atoms with Crippen molar-refractivity contribution in [2.24, 2.45) is 11.5 Å². The predicted molar refractivity (Wildman–Crippen MR) is 111 cm³/mol. The average Bonchev–Trinajstić information content (AvgIpc) is 2.77. The van der Waals surface area contributed by atoms with Gasteiger partial charge in [-0.2, -0.15) is 13.2 Å². The third kappa shape index (κ3) is 5.64. The van der Waals surface area contributed by atoms with Gasteiger partial charge in [-0.1, -0.05) is 24.3 Å². The van der Waals surface area contributed by atoms with Crippen LogP contribution in [-0.4, -0.2) is 39.7 Å². The van der Waals surface area contributed by atoms with E-state index >= 15 is 0 Å². The quantitative estimate of drug-likeness (QED) is 0.453. The number of benzene rings is 1. The molecule has 1 aromatic carbocycles. The van der Waals surface area contributed by atoms with Crippen molar-refractivity contribution in [2.75, 3.05) is 11.9 Å². The SMILES string of the molecule is NC[C@@H](C=O)Nc1cc(C(N)=O)nc(-c2ccc(Cc3ccc(C(F)(F)F)cn3)cc2)n1. The minimum atomic E-state index is -4.43. The van der Waals surface area contributed by atoms with E-state index in [2.05, 4.69) is 20.3 Å². The number of nitrogens with zero attached hydrogens (tertiary/aromatic N) is 3. The number of nitrogens with two attached hydrogens (primary N) is 2. The molecule has 0 fully saturated rings. The lowest BCUT2D eigenvalue weighted by molar-refractivity contribution is -0.137. The summed E-state index contributed by atoms with van der Waals surface area (Å²) in [5, 5.41) is 2.80. The highest BCUT2D eigenvalue weighted by Crippen LogP contribution is 2.28. The largest absolute Gasteiger partial charge is 0.417 e. The molecule has 32 heavy (non-hydrogen) atoms. The number of pyridine rings is 1. The van der Waals surface area contributed by atoms with Crippen LogP contribution < -0.4 is 16.8 Å². The molecule has 166 valence electrons. The molecule has 11 heteroatoms. The summed E-state index contributed by atoms with van der Waals surface area (Å²) in [4.78, 5) is 35.0. The van der Waals surface area contributed by atoms with Gasteiger partial charge in [-0.25, -0.2) is 9.97 Å². The van der Waals surface area contributed by atoms with Crippen molar-refractivity contribution >= 4 is 18.0 Å². The highest BCUT2D eigenvalue weighted by Gasteiger charge is 2.30. The van der Waals surface area contributed by atoms with Crippen molar-refractivity contribution in [3.05, 3.63) is 71.2 Å². The fourth-order valence-electron chi connectivity index (χ4n) is 2.79. The molecule has 0 aliphatic heterocycles. The predicted octanol–water partition coefficient (Wildman–Crippen LogP) is 2.19. The van der Waals surface area contributed by atoms with Crippen LogP contribution in [0.4, 0.5) is 19.0 Å². The molecule has 0 saturated heterocycles. The number of aldehydes is 1. The van der Waals surface area contributed by atoms with E-state index in [1.807, 2.05) is 0 Å². The maximum absolute atomic E-state index is 12.7. The minimum absolute atomic E-state index is 0.0292. The van der Waals surface area contributed by atoms with Crippen LogP contribution in [0, 0.1) is 0 Å². The average molecular weight is 444 g/mol. The number of nitrogens with one attached hydrogen (secondary N) is 1. The normalized spacial score (nSPS) is 12.2. The third-order valence-electron chi connectivity index (χ3n) is 4.48. The Morgan fingerprint density at radius 1 is 1.12 bits per heavy atom. The van der Waals surface area contributed by atoms with E-state index in [4.69, 9.17) is 11.5 Å². The Morgan fingerprint density at radius 2 is 1.84 bits per heavy atom. The van der Waals surface area contributed by atoms with Gasteiger partial charge in [-0.15, -0.1) is 0 Å². The molecule has 1 atom stereocenters. The standard InChI is InChI=1S/C21H19F3N6O2/c22-21(23,24)14-5-6-15(27-10-14)7-12-1-3-13(4-2-12)20-29-17(19(26)32)8-18(30-20)28-16(9-25)11-31/h1-6,8,10-11,16H,7,9,25H2,(H2,26,32)(H,28,29,30)/t16-/m0/s1. The van der Waals surface area contributed by atoms with E-state index in [0.717, 1.165) is 17.8 Å². The molecule has 3 rings (SSSR count). The van der Waals surface area contributed by atoms with Crippen LogP contribution >= 0.6 is 0 Å². The van der Waals surface area contributed by atoms with Gasteiger partial charge in [0.25, 0.3) is 5.91 Å². The van der Waals surface area contributed by atoms with Crippen LogP contribution in [0.25, 0.3) is 11.4 Å². The topological polar surface area (TPSA) is 137 Å². The molecule has 2 heterocycles. The van der Waals surface area contributed by atoms with Crippen LogP contribution in [0.2, 0.25) is 0 Å². The summed E-state index contributed by atoms with van der Waals surface area (Å²) >= 11 is 0. The molecule has 0 bridgehead atoms. The number of rotatable bonds is 8. The van der Waals surface area contributed by atoms with Crippen molar-refractivity contribution in [1.29, 1.82) is 0 Å². The van der Waals surface area contributed by atoms with Crippen LogP contribution in [0.3, 0.4) is 0 Å². The highest BCUT2D eigenvalue weighted by molar-refractivity contribution is 5.92. The third-order valence-corrected chi connectivity index (χ3v) is 4.48. The zero-order valence-electron chi connectivity index (χ0n) is 16.6. The number of alkyl halides is 3. The highest BCUT2D eigenvalue weighted by atomic mass is 19.4. The number of halogens is 3. The zero-order chi connectivity index (χ0) is 23.3. The van der Waals surface area contributed by atoms with E-state index in [-0.39, 0.29) is 23.9 Å². The van der Waals surface area contributed by atoms with Gasteiger partial charge in [0, 0.05) is 36.5 Å². The van der Waals surface area contributed by atoms with Gasteiger partial charge in [-0.05, 0) is 17.7 Å². The second-order valence-corrected chi connectivity index (χ2v) is 6.86. The van der Waals surface area contributed by atoms with E-state index in [9.17, 15) is 22.8 Å². The second kappa shape index (κ2) is 9.52. The maximum atomic E-state index is 12.7. The van der Waals surface area contributed by atoms with Gasteiger partial charge in [0.15, 0.2) is 5.82 Å². The van der Waals surface area contributed by atoms with Crippen molar-refractivity contribution in [1.82, 2.24) is 15.0 Å². The van der Waals surface area contributed by atoms with Gasteiger partial charge in [-0.3, -0.25) is 9.78 Å². The van der Waals surface area contributed by atoms with Gasteiger partial charge >= 0.3 is 6.18 Å². The molecule has 0 radical (unpaired) electrons. The molecule has 0 saturated carbocycles. The first-order valence-corrected chi connectivity index (χ1v) is 9.42. The van der Waals surface area contributed by atoms with E-state index in [1.165, 1.54) is 12.1 Å². The first kappa shape index (κ1) is 22.8. The summed E-state index contributed by atoms with van der Waals surface area (Å²) in [7, 11) is 0. The molecule has 5 N–H and O–H groups in total. The second-order valence-electron chi connectivity index (χ2n) is 6.86. The molecule has 0 aliphatic rings. The van der Waals surface area contributed by atoms with Crippen LogP contribution in [-0.2, 0) is 17.4 Å². The molecule has 3 aromatic rings. The van der Waals surface area contributed by atoms with E-state index in [0.29, 0.717) is 24.0 Å². The number of carbonyl (C=O) groups excluding carboxylic acids is 2. The Bertz CT molecular complexity index is 1100. The molecule has 8 nitrogen and oxygen atoms in total. The Hall–Kier alpha value is -3.86. The number of carbonyl (C=O) groups is 2. The van der Waals surface area contributed by atoms with Gasteiger partial charge in [0.1, 0.15) is 17.8 Å². The van der Waals surface area contributed by atoms with Gasteiger partial charge < -0.3 is 21.6 Å². The monoisotopic (exact) mass is 444 g/mol. The molecule has 0 spiro atoms. The summed E-state index contributed by atoms with van der Waals surface area (Å²) in [6.45, 7) is 0.0292. The number of aromatic nitrogens is 3. The lowest BCUT2D eigenvalue weighted by Gasteiger charge is -2.13. The Labute approximate surface area is 180 Å². The number of primary amides is 1. The molecule has 0 unspecified atom stereocenters. The lowest BCUT2D eigenvalue weighted by Crippen LogP contribution is -2.30. The summed E-state index contributed by atoms with van der Waals surface area (Å²) in [5.74, 6) is -0.355. The molecular formula is C21H19F3N6O2. The van der Waals surface area contributed by atoms with Crippen molar-refractivity contribution < 1.29 is 22.8 Å². The summed E-state index contributed by atoms with van der Waals surface area (Å²) in [6, 6.07) is 9.83. The lowest BCUT2D eigenvalue weighted by atomic mass is 10.1. The first-order valence-electron chi connectivity index (χ1n) is 9.42. The van der Waals surface area contributed by atoms with Crippen LogP contribution in [0.1, 0.15) is 27.3 Å². The van der Waals surface area contributed by atoms with Gasteiger partial charge in [0.05, 0.1) is 11.6 Å². The molecule has 1 amide bonds. The molecule has 2 aromatic heterocycles. The van der Waals surface area contributed by atoms with Crippen molar-refractivity contribution in [2.45, 2.75) is 18.6 Å². The summed E-state index contributed by atoms with van der Waals surface area (Å²) in [6.07, 6.45) is -2.69. The first-order chi connectivity index (χ1) is 15.2. The van der Waals surface area contributed by atoms with E-state index in [1.54, 1.807) is 24.3 Å². The van der Waals surface area contributed by atoms with Gasteiger partial charge in [0.2, 0.25) is 0 Å². The molecular weight excluding hydrogens is 425 g/mol. The zero-order valence-corrected chi connectivity index (χ0v) is 16.6. The number of hydrogen-bond acceptors (Lipinski definition) is 7. The molecule has 0 aliphatic carbocycles. The van der Waals surface area contributed by atoms with Crippen molar-refractivity contribution in [3.63, 3.8) is 0 Å². The summed E-state index contributed by atoms with van der Waals surface area (Å²) in [5.41, 5.74) is 11.8. The fraction of sp³-hybridized carbons (Fsp3) is 0.190. The number of amides is 1. The fourth-order valence-corrected chi connectivity index (χ4v) is 2.79. The summed E-state index contributed by atoms with van der Waals surface area (Å²) < 4.78 is 38.0. The maximum Gasteiger partial charge on any atom is 0.417 e. The number of hydrogen-bond donors (Lipinski definition) is 3. The van der Waals surface area contributed by atoms with Crippen LogP contribution in [0.5, 0.6) is 0 Å². The van der Waals surface area contributed by atoms with Crippen LogP contribution in [0.15, 0.2) is 48.7 Å². The number of anilines is 1. The minimum Gasteiger partial charge on any atom is -0.364 e. The van der Waals surface area contributed by atoms with E-state index < -0.39 is 23.7 Å². The Kier molecular flexibility index (Phi) is 6.79. The smallest absolute Gasteiger partial charge is 0.364 e.